The van der Waals surface area contributed by atoms with Crippen molar-refractivity contribution >= 4 is 55.6 Å². The van der Waals surface area contributed by atoms with Gasteiger partial charge in [0, 0.05) is 26.1 Å². The first-order valence-electron chi connectivity index (χ1n) is 7.11. The summed E-state index contributed by atoms with van der Waals surface area (Å²) >= 11 is 10.6. The molecule has 3 rings (SSSR count). The Balaban J connectivity index is 1.57. The monoisotopic (exact) mass is 421 g/mol. The highest BCUT2D eigenvalue weighted by molar-refractivity contribution is 9.10. The van der Waals surface area contributed by atoms with E-state index in [9.17, 15) is 4.79 Å². The number of thiazole rings is 1. The minimum Gasteiger partial charge on any atom is -0.376 e. The second kappa shape index (κ2) is 7.79. The molecule has 0 unspecified atom stereocenters. The molecule has 24 heavy (non-hydrogen) atoms. The Morgan fingerprint density at radius 2 is 1.83 bits per heavy atom. The van der Waals surface area contributed by atoms with Crippen LogP contribution >= 0.6 is 38.9 Å². The molecule has 7 heteroatoms. The van der Waals surface area contributed by atoms with Gasteiger partial charge in [0.25, 0.3) is 0 Å². The molecule has 2 aromatic carbocycles. The molecule has 0 spiro atoms. The number of amides is 1. The topological polar surface area (TPSA) is 54.0 Å². The van der Waals surface area contributed by atoms with E-state index < -0.39 is 0 Å². The van der Waals surface area contributed by atoms with Crippen molar-refractivity contribution in [2.75, 3.05) is 17.2 Å². The predicted molar refractivity (Wildman–Crippen MR) is 104 cm³/mol. The molecular weight excluding hydrogens is 410 g/mol. The summed E-state index contributed by atoms with van der Waals surface area (Å²) < 4.78 is 1.02. The Kier molecular flexibility index (Phi) is 5.50. The summed E-state index contributed by atoms with van der Waals surface area (Å²) in [5.74, 6) is -0.151. The molecule has 0 aliphatic rings. The number of carbonyl (C=O) groups is 1. The van der Waals surface area contributed by atoms with Crippen LogP contribution in [0.4, 0.5) is 10.8 Å². The average Bonchev–Trinajstić information content (AvgIpc) is 3.03. The minimum atomic E-state index is -0.151. The van der Waals surface area contributed by atoms with Crippen LogP contribution in [0.5, 0.6) is 0 Å². The summed E-state index contributed by atoms with van der Waals surface area (Å²) in [6.45, 7) is 0.162. The highest BCUT2D eigenvalue weighted by atomic mass is 79.9. The van der Waals surface area contributed by atoms with Crippen LogP contribution < -0.4 is 10.6 Å². The summed E-state index contributed by atoms with van der Waals surface area (Å²) in [4.78, 5) is 16.4. The summed E-state index contributed by atoms with van der Waals surface area (Å²) in [6, 6.07) is 15.1. The summed E-state index contributed by atoms with van der Waals surface area (Å²) in [5, 5.41) is 9.00. The van der Waals surface area contributed by atoms with E-state index in [1.807, 2.05) is 41.8 Å². The third kappa shape index (κ3) is 4.56. The number of rotatable bonds is 5. The first-order chi connectivity index (χ1) is 11.6. The summed E-state index contributed by atoms with van der Waals surface area (Å²) in [5.41, 5.74) is 2.69. The molecular formula is C17H13BrClN3OS. The zero-order chi connectivity index (χ0) is 16.9. The van der Waals surface area contributed by atoms with E-state index in [2.05, 4.69) is 31.5 Å². The Morgan fingerprint density at radius 3 is 2.54 bits per heavy atom. The lowest BCUT2D eigenvalue weighted by Crippen LogP contribution is -2.21. The number of halogens is 2. The maximum atomic E-state index is 12.0. The fourth-order valence-corrected chi connectivity index (χ4v) is 3.12. The predicted octanol–water partition coefficient (Wildman–Crippen LogP) is 5.28. The third-order valence-electron chi connectivity index (χ3n) is 3.19. The number of hydrogen-bond donors (Lipinski definition) is 2. The van der Waals surface area contributed by atoms with E-state index in [4.69, 9.17) is 11.6 Å². The van der Waals surface area contributed by atoms with E-state index in [1.54, 1.807) is 12.1 Å². The van der Waals surface area contributed by atoms with Crippen LogP contribution in [0.1, 0.15) is 0 Å². The zero-order valence-electron chi connectivity index (χ0n) is 12.4. The second-order valence-electron chi connectivity index (χ2n) is 4.95. The molecule has 0 bridgehead atoms. The lowest BCUT2D eigenvalue weighted by Gasteiger charge is -2.06. The maximum Gasteiger partial charge on any atom is 0.245 e. The SMILES string of the molecule is O=C(CNc1ccc(Cl)cc1)Nc1nc(-c2ccc(Br)cc2)cs1. The van der Waals surface area contributed by atoms with Gasteiger partial charge in [-0.05, 0) is 36.4 Å². The van der Waals surface area contributed by atoms with Gasteiger partial charge in [-0.15, -0.1) is 11.3 Å². The lowest BCUT2D eigenvalue weighted by molar-refractivity contribution is -0.114. The van der Waals surface area contributed by atoms with E-state index in [1.165, 1.54) is 11.3 Å². The van der Waals surface area contributed by atoms with Gasteiger partial charge in [0.05, 0.1) is 12.2 Å². The van der Waals surface area contributed by atoms with Crippen LogP contribution in [-0.2, 0) is 4.79 Å². The highest BCUT2D eigenvalue weighted by Crippen LogP contribution is 2.26. The van der Waals surface area contributed by atoms with Crippen LogP contribution in [0.3, 0.4) is 0 Å². The molecule has 0 atom stereocenters. The van der Waals surface area contributed by atoms with Gasteiger partial charge in [0.2, 0.25) is 5.91 Å². The first-order valence-corrected chi connectivity index (χ1v) is 9.16. The number of aromatic nitrogens is 1. The van der Waals surface area contributed by atoms with Gasteiger partial charge in [-0.1, -0.05) is 39.7 Å². The van der Waals surface area contributed by atoms with Gasteiger partial charge in [-0.3, -0.25) is 4.79 Å². The van der Waals surface area contributed by atoms with Crippen LogP contribution in [-0.4, -0.2) is 17.4 Å². The average molecular weight is 423 g/mol. The molecule has 0 aliphatic carbocycles. The summed E-state index contributed by atoms with van der Waals surface area (Å²) in [7, 11) is 0. The number of nitrogens with one attached hydrogen (secondary N) is 2. The molecule has 122 valence electrons. The molecule has 1 heterocycles. The molecule has 1 amide bonds. The van der Waals surface area contributed by atoms with Gasteiger partial charge in [0.15, 0.2) is 5.13 Å². The Bertz CT molecular complexity index is 834. The van der Waals surface area contributed by atoms with Crippen molar-refractivity contribution in [2.24, 2.45) is 0 Å². The fourth-order valence-electron chi connectivity index (χ4n) is 2.00. The van der Waals surface area contributed by atoms with Crippen LogP contribution in [0.15, 0.2) is 58.4 Å². The number of anilines is 2. The number of carbonyl (C=O) groups excluding carboxylic acids is 1. The molecule has 0 saturated carbocycles. The molecule has 0 fully saturated rings. The molecule has 2 N–H and O–H groups in total. The first kappa shape index (κ1) is 17.0. The Labute approximate surface area is 157 Å². The number of hydrogen-bond acceptors (Lipinski definition) is 4. The maximum absolute atomic E-state index is 12.0. The third-order valence-corrected chi connectivity index (χ3v) is 4.73. The van der Waals surface area contributed by atoms with Gasteiger partial charge < -0.3 is 10.6 Å². The van der Waals surface area contributed by atoms with Crippen molar-refractivity contribution < 1.29 is 4.79 Å². The van der Waals surface area contributed by atoms with Crippen molar-refractivity contribution in [3.8, 4) is 11.3 Å². The standard InChI is InChI=1S/C17H13BrClN3OS/c18-12-3-1-11(2-4-12)15-10-24-17(21-15)22-16(23)9-20-14-7-5-13(19)6-8-14/h1-8,10,20H,9H2,(H,21,22,23). The smallest absolute Gasteiger partial charge is 0.245 e. The molecule has 0 aliphatic heterocycles. The highest BCUT2D eigenvalue weighted by Gasteiger charge is 2.08. The van der Waals surface area contributed by atoms with Gasteiger partial charge >= 0.3 is 0 Å². The van der Waals surface area contributed by atoms with Crippen molar-refractivity contribution in [3.63, 3.8) is 0 Å². The normalized spacial score (nSPS) is 10.4. The van der Waals surface area contributed by atoms with E-state index in [0.717, 1.165) is 21.4 Å². The quantitative estimate of drug-likeness (QED) is 0.588. The molecule has 4 nitrogen and oxygen atoms in total. The molecule has 0 saturated heterocycles. The van der Waals surface area contributed by atoms with E-state index >= 15 is 0 Å². The van der Waals surface area contributed by atoms with Gasteiger partial charge in [-0.2, -0.15) is 0 Å². The largest absolute Gasteiger partial charge is 0.376 e. The van der Waals surface area contributed by atoms with Gasteiger partial charge in [0.1, 0.15) is 0 Å². The van der Waals surface area contributed by atoms with E-state index in [0.29, 0.717) is 10.2 Å². The molecule has 0 radical (unpaired) electrons. The Morgan fingerprint density at radius 1 is 1.12 bits per heavy atom. The van der Waals surface area contributed by atoms with Crippen molar-refractivity contribution in [1.82, 2.24) is 4.98 Å². The zero-order valence-corrected chi connectivity index (χ0v) is 15.6. The second-order valence-corrected chi connectivity index (χ2v) is 7.16. The lowest BCUT2D eigenvalue weighted by atomic mass is 10.2. The van der Waals surface area contributed by atoms with E-state index in [-0.39, 0.29) is 12.5 Å². The van der Waals surface area contributed by atoms with Crippen molar-refractivity contribution in [1.29, 1.82) is 0 Å². The van der Waals surface area contributed by atoms with Crippen LogP contribution in [0.25, 0.3) is 11.3 Å². The van der Waals surface area contributed by atoms with Gasteiger partial charge in [-0.25, -0.2) is 4.98 Å². The minimum absolute atomic E-state index is 0.151. The number of benzene rings is 2. The molecule has 1 aromatic heterocycles. The van der Waals surface area contributed by atoms with Crippen LogP contribution in [0, 0.1) is 0 Å². The van der Waals surface area contributed by atoms with Crippen molar-refractivity contribution in [2.45, 2.75) is 0 Å². The van der Waals surface area contributed by atoms with Crippen molar-refractivity contribution in [3.05, 3.63) is 63.4 Å². The summed E-state index contributed by atoms with van der Waals surface area (Å²) in [6.07, 6.45) is 0. The van der Waals surface area contributed by atoms with Crippen LogP contribution in [0.2, 0.25) is 5.02 Å². The number of nitrogens with zero attached hydrogens (tertiary/aromatic N) is 1. The fraction of sp³-hybridized carbons (Fsp3) is 0.0588. The molecule has 3 aromatic rings. The Hall–Kier alpha value is -1.89.